The smallest absolute Gasteiger partial charge is 0.214 e. The molecule has 0 amide bonds. The fourth-order valence-electron chi connectivity index (χ4n) is 2.61. The second-order valence-electron chi connectivity index (χ2n) is 5.73. The fraction of sp³-hybridized carbons (Fsp3) is 0.176. The van der Waals surface area contributed by atoms with Gasteiger partial charge in [-0.15, -0.1) is 5.10 Å². The molecule has 0 spiro atoms. The highest BCUT2D eigenvalue weighted by Crippen LogP contribution is 2.25. The first-order valence-electron chi connectivity index (χ1n) is 7.73. The summed E-state index contributed by atoms with van der Waals surface area (Å²) in [6.07, 6.45) is 3.82. The molecule has 8 heteroatoms. The Hall–Kier alpha value is -2.38. The maximum atomic E-state index is 6.02. The highest BCUT2D eigenvalue weighted by atomic mass is 35.5. The zero-order valence-electron chi connectivity index (χ0n) is 13.7. The summed E-state index contributed by atoms with van der Waals surface area (Å²) in [4.78, 5) is 4.59. The third-order valence-corrected chi connectivity index (χ3v) is 5.24. The number of rotatable bonds is 4. The van der Waals surface area contributed by atoms with Crippen molar-refractivity contribution in [3.05, 3.63) is 64.6 Å². The van der Waals surface area contributed by atoms with Crippen LogP contribution in [-0.4, -0.2) is 29.6 Å². The number of aryl methyl sites for hydroxylation is 1. The summed E-state index contributed by atoms with van der Waals surface area (Å²) in [6, 6.07) is 9.85. The molecular formula is C17H15ClN6S. The Morgan fingerprint density at radius 1 is 1.12 bits per heavy atom. The largest absolute Gasteiger partial charge is 0.305 e. The van der Waals surface area contributed by atoms with Crippen LogP contribution in [0.1, 0.15) is 16.8 Å². The summed E-state index contributed by atoms with van der Waals surface area (Å²) in [6.45, 7) is 4.16. The van der Waals surface area contributed by atoms with Crippen LogP contribution < -0.4 is 0 Å². The van der Waals surface area contributed by atoms with Crippen LogP contribution in [-0.2, 0) is 5.75 Å². The molecule has 6 nitrogen and oxygen atoms in total. The van der Waals surface area contributed by atoms with Crippen molar-refractivity contribution in [1.29, 1.82) is 0 Å². The summed E-state index contributed by atoms with van der Waals surface area (Å²) in [7, 11) is 0. The topological polar surface area (TPSA) is 60.9 Å². The second kappa shape index (κ2) is 6.50. The number of nitrogens with zero attached hydrogens (tertiary/aromatic N) is 6. The van der Waals surface area contributed by atoms with E-state index < -0.39 is 0 Å². The molecule has 0 N–H and O–H groups in total. The van der Waals surface area contributed by atoms with Crippen LogP contribution in [0.2, 0.25) is 5.02 Å². The maximum Gasteiger partial charge on any atom is 0.214 e. The average Bonchev–Trinajstić information content (AvgIpc) is 3.21. The van der Waals surface area contributed by atoms with Gasteiger partial charge in [0.25, 0.3) is 0 Å². The van der Waals surface area contributed by atoms with Crippen LogP contribution in [0.25, 0.3) is 11.3 Å². The number of hydrogen-bond acceptors (Lipinski definition) is 5. The van der Waals surface area contributed by atoms with Crippen LogP contribution in [0.3, 0.4) is 0 Å². The number of imidazole rings is 1. The Morgan fingerprint density at radius 2 is 2.00 bits per heavy atom. The van der Waals surface area contributed by atoms with Crippen molar-refractivity contribution in [1.82, 2.24) is 29.6 Å². The number of pyridine rings is 1. The van der Waals surface area contributed by atoms with Gasteiger partial charge in [0, 0.05) is 18.1 Å². The normalized spacial score (nSPS) is 11.3. The van der Waals surface area contributed by atoms with Crippen molar-refractivity contribution in [3.63, 3.8) is 0 Å². The minimum Gasteiger partial charge on any atom is -0.305 e. The van der Waals surface area contributed by atoms with Gasteiger partial charge >= 0.3 is 0 Å². The van der Waals surface area contributed by atoms with Crippen molar-refractivity contribution < 1.29 is 0 Å². The van der Waals surface area contributed by atoms with Gasteiger partial charge in [0.2, 0.25) is 5.16 Å². The first kappa shape index (κ1) is 16.1. The molecule has 126 valence electrons. The molecule has 0 aliphatic carbocycles. The van der Waals surface area contributed by atoms with E-state index >= 15 is 0 Å². The molecule has 0 bridgehead atoms. The molecule has 0 radical (unpaired) electrons. The van der Waals surface area contributed by atoms with Gasteiger partial charge in [0.1, 0.15) is 5.65 Å². The average molecular weight is 371 g/mol. The standard InChI is InChI=1S/C17H15ClN6S/c1-11-4-3-5-15(12(11)2)24-17(20-21-22-24)25-10-14-9-23-8-13(18)6-7-16(23)19-14/h3-9H,10H2,1-2H3. The lowest BCUT2D eigenvalue weighted by Gasteiger charge is -2.09. The van der Waals surface area contributed by atoms with Crippen LogP contribution in [0.15, 0.2) is 47.9 Å². The fourth-order valence-corrected chi connectivity index (χ4v) is 3.55. The van der Waals surface area contributed by atoms with Gasteiger partial charge in [0.15, 0.2) is 0 Å². The minimum atomic E-state index is 0.671. The van der Waals surface area contributed by atoms with Crippen molar-refractivity contribution in [2.45, 2.75) is 24.8 Å². The summed E-state index contributed by atoms with van der Waals surface area (Å²) < 4.78 is 3.70. The van der Waals surface area contributed by atoms with E-state index in [1.807, 2.05) is 41.1 Å². The van der Waals surface area contributed by atoms with Crippen molar-refractivity contribution in [3.8, 4) is 5.69 Å². The van der Waals surface area contributed by atoms with Crippen LogP contribution in [0, 0.1) is 13.8 Å². The molecule has 0 atom stereocenters. The van der Waals surface area contributed by atoms with Gasteiger partial charge in [-0.25, -0.2) is 4.98 Å². The predicted molar refractivity (Wildman–Crippen MR) is 98.4 cm³/mol. The van der Waals surface area contributed by atoms with E-state index in [-0.39, 0.29) is 0 Å². The number of hydrogen-bond donors (Lipinski definition) is 0. The summed E-state index contributed by atoms with van der Waals surface area (Å²) in [5, 5.41) is 13.6. The maximum absolute atomic E-state index is 6.02. The molecule has 4 aromatic rings. The molecule has 3 aromatic heterocycles. The van der Waals surface area contributed by atoms with E-state index in [0.717, 1.165) is 22.2 Å². The molecule has 1 aromatic carbocycles. The lowest BCUT2D eigenvalue weighted by atomic mass is 10.1. The molecule has 0 saturated heterocycles. The van der Waals surface area contributed by atoms with E-state index in [9.17, 15) is 0 Å². The molecule has 3 heterocycles. The van der Waals surface area contributed by atoms with Crippen molar-refractivity contribution >= 4 is 29.0 Å². The molecule has 0 fully saturated rings. The molecule has 0 unspecified atom stereocenters. The monoisotopic (exact) mass is 370 g/mol. The summed E-state index contributed by atoms with van der Waals surface area (Å²) >= 11 is 7.57. The van der Waals surface area contributed by atoms with Gasteiger partial charge in [-0.05, 0) is 53.6 Å². The quantitative estimate of drug-likeness (QED) is 0.510. The van der Waals surface area contributed by atoms with E-state index in [2.05, 4.69) is 40.4 Å². The highest BCUT2D eigenvalue weighted by molar-refractivity contribution is 7.98. The van der Waals surface area contributed by atoms with Crippen LogP contribution in [0.4, 0.5) is 0 Å². The van der Waals surface area contributed by atoms with Gasteiger partial charge < -0.3 is 4.40 Å². The van der Waals surface area contributed by atoms with Crippen molar-refractivity contribution in [2.24, 2.45) is 0 Å². The molecular weight excluding hydrogens is 356 g/mol. The van der Waals surface area contributed by atoms with Gasteiger partial charge in [0.05, 0.1) is 16.4 Å². The summed E-state index contributed by atoms with van der Waals surface area (Å²) in [5.41, 5.74) is 5.19. The highest BCUT2D eigenvalue weighted by Gasteiger charge is 2.13. The van der Waals surface area contributed by atoms with E-state index in [0.29, 0.717) is 10.8 Å². The van der Waals surface area contributed by atoms with Crippen LogP contribution >= 0.6 is 23.4 Å². The first-order chi connectivity index (χ1) is 12.1. The Kier molecular flexibility index (Phi) is 4.19. The predicted octanol–water partition coefficient (Wildman–Crippen LogP) is 3.87. The lowest BCUT2D eigenvalue weighted by molar-refractivity contribution is 0.751. The second-order valence-corrected chi connectivity index (χ2v) is 7.10. The molecule has 25 heavy (non-hydrogen) atoms. The van der Waals surface area contributed by atoms with Gasteiger partial charge in [-0.2, -0.15) is 4.68 Å². The number of benzene rings is 1. The zero-order chi connectivity index (χ0) is 17.4. The zero-order valence-corrected chi connectivity index (χ0v) is 15.3. The number of halogens is 1. The third-order valence-electron chi connectivity index (χ3n) is 4.06. The number of fused-ring (bicyclic) bond motifs is 1. The number of thioether (sulfide) groups is 1. The lowest BCUT2D eigenvalue weighted by Crippen LogP contribution is -2.02. The number of tetrazole rings is 1. The van der Waals surface area contributed by atoms with E-state index in [4.69, 9.17) is 11.6 Å². The Bertz CT molecular complexity index is 1050. The molecule has 4 rings (SSSR count). The first-order valence-corrected chi connectivity index (χ1v) is 9.09. The van der Waals surface area contributed by atoms with Crippen LogP contribution in [0.5, 0.6) is 0 Å². The van der Waals surface area contributed by atoms with Gasteiger partial charge in [-0.1, -0.05) is 35.5 Å². The van der Waals surface area contributed by atoms with E-state index in [1.54, 1.807) is 16.4 Å². The molecule has 0 saturated carbocycles. The minimum absolute atomic E-state index is 0.671. The van der Waals surface area contributed by atoms with Gasteiger partial charge in [-0.3, -0.25) is 0 Å². The van der Waals surface area contributed by atoms with E-state index in [1.165, 1.54) is 11.1 Å². The SMILES string of the molecule is Cc1cccc(-n2nnnc2SCc2cn3cc(Cl)ccc3n2)c1C. The van der Waals surface area contributed by atoms with Crippen molar-refractivity contribution in [2.75, 3.05) is 0 Å². The summed E-state index contributed by atoms with van der Waals surface area (Å²) in [5.74, 6) is 0.671. The Morgan fingerprint density at radius 3 is 2.88 bits per heavy atom. The number of aromatic nitrogens is 6. The third kappa shape index (κ3) is 3.12. The molecule has 0 aliphatic rings. The Balaban J connectivity index is 1.59. The molecule has 0 aliphatic heterocycles. The Labute approximate surface area is 153 Å².